The molecule has 0 fully saturated rings. The molecule has 0 aliphatic rings. The van der Waals surface area contributed by atoms with Gasteiger partial charge in [-0.15, -0.1) is 11.3 Å². The zero-order valence-corrected chi connectivity index (χ0v) is 21.3. The van der Waals surface area contributed by atoms with E-state index in [1.54, 1.807) is 0 Å². The van der Waals surface area contributed by atoms with Gasteiger partial charge in [-0.05, 0) is 73.3 Å². The quantitative estimate of drug-likeness (QED) is 0.421. The highest BCUT2D eigenvalue weighted by Crippen LogP contribution is 2.31. The maximum atomic E-state index is 12.2. The summed E-state index contributed by atoms with van der Waals surface area (Å²) in [5.74, 6) is -0.214. The van der Waals surface area contributed by atoms with E-state index in [4.69, 9.17) is 9.84 Å². The molecule has 1 aromatic carbocycles. The van der Waals surface area contributed by atoms with Crippen molar-refractivity contribution in [2.75, 3.05) is 13.2 Å². The molecule has 0 aliphatic heterocycles. The maximum absolute atomic E-state index is 12.2. The fourth-order valence-electron chi connectivity index (χ4n) is 3.56. The molecule has 2 atom stereocenters. The third-order valence-electron chi connectivity index (χ3n) is 5.87. The van der Waals surface area contributed by atoms with Gasteiger partial charge in [-0.25, -0.2) is 0 Å². The van der Waals surface area contributed by atoms with E-state index in [0.717, 1.165) is 41.0 Å². The number of carboxylic acids is 1. The van der Waals surface area contributed by atoms with Crippen LogP contribution in [0.3, 0.4) is 0 Å². The van der Waals surface area contributed by atoms with Gasteiger partial charge in [0.05, 0.1) is 11.0 Å². The van der Waals surface area contributed by atoms with Gasteiger partial charge in [0, 0.05) is 4.88 Å². The first-order valence-electron chi connectivity index (χ1n) is 11.4. The van der Waals surface area contributed by atoms with Crippen molar-refractivity contribution in [2.45, 2.75) is 72.8 Å². The summed E-state index contributed by atoms with van der Waals surface area (Å²) in [7, 11) is 0. The number of hydrogen-bond acceptors (Lipinski definition) is 5. The van der Waals surface area contributed by atoms with Gasteiger partial charge in [0.15, 0.2) is 0 Å². The van der Waals surface area contributed by atoms with Crippen LogP contribution in [-0.2, 0) is 11.2 Å². The summed E-state index contributed by atoms with van der Waals surface area (Å²) in [6, 6.07) is 8.28. The van der Waals surface area contributed by atoms with Crippen molar-refractivity contribution in [1.82, 2.24) is 5.32 Å². The van der Waals surface area contributed by atoms with Crippen LogP contribution in [0.25, 0.3) is 0 Å². The first-order valence-corrected chi connectivity index (χ1v) is 12.2. The van der Waals surface area contributed by atoms with E-state index in [1.807, 2.05) is 46.8 Å². The molecule has 0 bridgehead atoms. The van der Waals surface area contributed by atoms with Gasteiger partial charge in [-0.3, -0.25) is 9.59 Å². The molecule has 0 saturated carbocycles. The molecule has 182 valence electrons. The lowest BCUT2D eigenvalue weighted by Gasteiger charge is -2.26. The number of carboxylic acid groups (broad SMARTS) is 1. The van der Waals surface area contributed by atoms with Crippen molar-refractivity contribution < 1.29 is 24.5 Å². The Kier molecular flexibility index (Phi) is 9.49. The van der Waals surface area contributed by atoms with Gasteiger partial charge >= 0.3 is 5.97 Å². The Morgan fingerprint density at radius 2 is 1.85 bits per heavy atom. The Hall–Kier alpha value is -2.38. The third-order valence-corrected chi connectivity index (χ3v) is 7.17. The second-order valence-electron chi connectivity index (χ2n) is 9.66. The number of carbonyl (C=O) groups is 2. The molecule has 0 spiro atoms. The largest absolute Gasteiger partial charge is 0.491 e. The Balaban J connectivity index is 2.01. The summed E-state index contributed by atoms with van der Waals surface area (Å²) in [6.07, 6.45) is 2.27. The van der Waals surface area contributed by atoms with E-state index in [1.165, 1.54) is 16.9 Å². The smallest absolute Gasteiger partial charge is 0.322 e. The van der Waals surface area contributed by atoms with Crippen molar-refractivity contribution >= 4 is 23.2 Å². The zero-order chi connectivity index (χ0) is 24.8. The van der Waals surface area contributed by atoms with Crippen molar-refractivity contribution in [3.63, 3.8) is 0 Å². The summed E-state index contributed by atoms with van der Waals surface area (Å²) >= 11 is 1.44. The lowest BCUT2D eigenvalue weighted by Crippen LogP contribution is -2.32. The molecule has 1 aromatic heterocycles. The van der Waals surface area contributed by atoms with E-state index in [0.29, 0.717) is 10.8 Å². The number of hydrogen-bond donors (Lipinski definition) is 3. The predicted octanol–water partition coefficient (Wildman–Crippen LogP) is 5.09. The third kappa shape index (κ3) is 7.86. The molecule has 3 N–H and O–H groups in total. The van der Waals surface area contributed by atoms with Crippen molar-refractivity contribution in [1.29, 1.82) is 0 Å². The first kappa shape index (κ1) is 26.9. The van der Waals surface area contributed by atoms with Crippen LogP contribution in [0.5, 0.6) is 5.75 Å². The average molecular weight is 476 g/mol. The summed E-state index contributed by atoms with van der Waals surface area (Å²) in [5, 5.41) is 21.4. The lowest BCUT2D eigenvalue weighted by molar-refractivity contribution is -0.135. The fourth-order valence-corrected chi connectivity index (χ4v) is 4.67. The summed E-state index contributed by atoms with van der Waals surface area (Å²) in [5.41, 5.74) is 2.96. The molecule has 2 aromatic rings. The standard InChI is InChI=1S/C26H37NO5S/c1-7-18(8-10-20-13-17(3)24(33-20)25(31)27-14-23(29)30)19-9-11-21(16(2)12-19)32-15-22(28)26(4,5)6/h9,11-13,18,22,28H,7-8,10,14-15H2,1-6H3,(H,27,31)(H,29,30). The minimum atomic E-state index is -1.05. The number of nitrogens with one attached hydrogen (secondary N) is 1. The Bertz CT molecular complexity index is 960. The van der Waals surface area contributed by atoms with E-state index in [-0.39, 0.29) is 24.5 Å². The fraction of sp³-hybridized carbons (Fsp3) is 0.538. The molecular formula is C26H37NO5S. The number of ether oxygens (including phenoxy) is 1. The minimum Gasteiger partial charge on any atom is -0.491 e. The molecule has 0 saturated heterocycles. The summed E-state index contributed by atoms with van der Waals surface area (Å²) in [4.78, 5) is 24.6. The molecule has 1 amide bonds. The van der Waals surface area contributed by atoms with Crippen LogP contribution in [0.2, 0.25) is 0 Å². The lowest BCUT2D eigenvalue weighted by atomic mass is 9.89. The molecule has 0 aliphatic carbocycles. The molecule has 0 radical (unpaired) electrons. The van der Waals surface area contributed by atoms with Crippen LogP contribution in [0.1, 0.15) is 77.7 Å². The highest BCUT2D eigenvalue weighted by Gasteiger charge is 2.23. The molecule has 33 heavy (non-hydrogen) atoms. The van der Waals surface area contributed by atoms with Gasteiger partial charge in [-0.1, -0.05) is 39.8 Å². The molecule has 2 unspecified atom stereocenters. The van der Waals surface area contributed by atoms with Crippen LogP contribution in [0.4, 0.5) is 0 Å². The Morgan fingerprint density at radius 3 is 2.42 bits per heavy atom. The maximum Gasteiger partial charge on any atom is 0.322 e. The molecular weight excluding hydrogens is 438 g/mol. The van der Waals surface area contributed by atoms with Crippen LogP contribution in [-0.4, -0.2) is 41.3 Å². The topological polar surface area (TPSA) is 95.9 Å². The number of thiophene rings is 1. The van der Waals surface area contributed by atoms with Crippen LogP contribution in [0, 0.1) is 19.3 Å². The summed E-state index contributed by atoms with van der Waals surface area (Å²) < 4.78 is 5.87. The van der Waals surface area contributed by atoms with E-state index >= 15 is 0 Å². The monoisotopic (exact) mass is 475 g/mol. The number of aliphatic hydroxyl groups is 1. The predicted molar refractivity (Wildman–Crippen MR) is 133 cm³/mol. The number of aliphatic carboxylic acids is 1. The van der Waals surface area contributed by atoms with Gasteiger partial charge in [0.2, 0.25) is 0 Å². The Labute approximate surface area is 201 Å². The SMILES string of the molecule is CCC(CCc1cc(C)c(C(=O)NCC(=O)O)s1)c1ccc(OCC(O)C(C)(C)C)c(C)c1. The molecule has 7 heteroatoms. The number of rotatable bonds is 11. The van der Waals surface area contributed by atoms with Crippen LogP contribution in [0.15, 0.2) is 24.3 Å². The van der Waals surface area contributed by atoms with Crippen molar-refractivity contribution in [3.8, 4) is 5.75 Å². The van der Waals surface area contributed by atoms with Gasteiger partial charge in [0.1, 0.15) is 18.9 Å². The van der Waals surface area contributed by atoms with Crippen LogP contribution < -0.4 is 10.1 Å². The second kappa shape index (κ2) is 11.7. The second-order valence-corrected chi connectivity index (χ2v) is 10.8. The zero-order valence-electron chi connectivity index (χ0n) is 20.5. The normalized spacial score (nSPS) is 13.4. The summed E-state index contributed by atoms with van der Waals surface area (Å²) in [6.45, 7) is 11.9. The number of benzene rings is 1. The number of aliphatic hydroxyl groups excluding tert-OH is 1. The van der Waals surface area contributed by atoms with E-state index in [2.05, 4.69) is 24.4 Å². The van der Waals surface area contributed by atoms with Crippen molar-refractivity contribution in [3.05, 3.63) is 50.7 Å². The molecule has 1 heterocycles. The number of amides is 1. The molecule has 6 nitrogen and oxygen atoms in total. The highest BCUT2D eigenvalue weighted by atomic mass is 32.1. The van der Waals surface area contributed by atoms with Gasteiger partial charge in [-0.2, -0.15) is 0 Å². The van der Waals surface area contributed by atoms with Crippen LogP contribution >= 0.6 is 11.3 Å². The first-order chi connectivity index (χ1) is 15.4. The van der Waals surface area contributed by atoms with Gasteiger partial charge in [0.25, 0.3) is 5.91 Å². The Morgan fingerprint density at radius 1 is 1.15 bits per heavy atom. The number of carbonyl (C=O) groups excluding carboxylic acids is 1. The van der Waals surface area contributed by atoms with E-state index in [9.17, 15) is 14.7 Å². The highest BCUT2D eigenvalue weighted by molar-refractivity contribution is 7.14. The molecule has 2 rings (SSSR count). The van der Waals surface area contributed by atoms with E-state index < -0.39 is 12.1 Å². The minimum absolute atomic E-state index is 0.224. The number of aryl methyl sites for hydroxylation is 3. The average Bonchev–Trinajstić information content (AvgIpc) is 3.11. The van der Waals surface area contributed by atoms with Crippen molar-refractivity contribution in [2.24, 2.45) is 5.41 Å². The van der Waals surface area contributed by atoms with Gasteiger partial charge < -0.3 is 20.3 Å².